The molecule has 2 aromatic rings. The van der Waals surface area contributed by atoms with Gasteiger partial charge in [0.15, 0.2) is 5.75 Å². The van der Waals surface area contributed by atoms with Crippen LogP contribution >= 0.6 is 0 Å². The Balaban J connectivity index is 2.13. The smallest absolute Gasteiger partial charge is 0.311 e. The minimum atomic E-state index is -0.667. The molecule has 9 nitrogen and oxygen atoms in total. The molecule has 0 atom stereocenters. The van der Waals surface area contributed by atoms with Gasteiger partial charge in [0.1, 0.15) is 5.56 Å². The number of nitrogens with one attached hydrogen (secondary N) is 1. The van der Waals surface area contributed by atoms with E-state index in [-0.39, 0.29) is 17.0 Å². The van der Waals surface area contributed by atoms with Crippen molar-refractivity contribution in [3.63, 3.8) is 0 Å². The van der Waals surface area contributed by atoms with E-state index in [4.69, 9.17) is 4.74 Å². The number of hydrazone groups is 1. The SMILES string of the molecule is CCCOc1ccc(/C=N\NC(=O)c2cccn(C)c2=O)cc1[N+](=O)[O-]. The van der Waals surface area contributed by atoms with Crippen LogP contribution in [0.2, 0.25) is 0 Å². The highest BCUT2D eigenvalue weighted by Gasteiger charge is 2.15. The van der Waals surface area contributed by atoms with Crippen LogP contribution in [0.1, 0.15) is 29.3 Å². The summed E-state index contributed by atoms with van der Waals surface area (Å²) in [6.07, 6.45) is 3.51. The Morgan fingerprint density at radius 2 is 2.19 bits per heavy atom. The Bertz CT molecular complexity index is 904. The molecule has 26 heavy (non-hydrogen) atoms. The number of hydrogen-bond acceptors (Lipinski definition) is 6. The second kappa shape index (κ2) is 8.56. The summed E-state index contributed by atoms with van der Waals surface area (Å²) < 4.78 is 6.61. The van der Waals surface area contributed by atoms with E-state index in [1.165, 1.54) is 42.2 Å². The molecule has 0 saturated heterocycles. The Kier molecular flexibility index (Phi) is 6.20. The van der Waals surface area contributed by atoms with Crippen molar-refractivity contribution < 1.29 is 14.5 Å². The highest BCUT2D eigenvalue weighted by Crippen LogP contribution is 2.27. The topological polar surface area (TPSA) is 116 Å². The lowest BCUT2D eigenvalue weighted by Gasteiger charge is -2.05. The number of amides is 1. The van der Waals surface area contributed by atoms with Gasteiger partial charge < -0.3 is 9.30 Å². The van der Waals surface area contributed by atoms with Crippen molar-refractivity contribution in [2.75, 3.05) is 6.61 Å². The molecule has 0 bridgehead atoms. The Morgan fingerprint density at radius 1 is 1.42 bits per heavy atom. The first-order valence-electron chi connectivity index (χ1n) is 7.84. The Labute approximate surface area is 149 Å². The molecule has 0 aliphatic carbocycles. The van der Waals surface area contributed by atoms with Crippen LogP contribution in [0.25, 0.3) is 0 Å². The van der Waals surface area contributed by atoms with Crippen molar-refractivity contribution in [2.45, 2.75) is 13.3 Å². The summed E-state index contributed by atoms with van der Waals surface area (Å²) in [7, 11) is 1.53. The number of nitrogens with zero attached hydrogens (tertiary/aromatic N) is 3. The van der Waals surface area contributed by atoms with Gasteiger partial charge >= 0.3 is 5.69 Å². The van der Waals surface area contributed by atoms with Crippen LogP contribution in [-0.4, -0.2) is 28.2 Å². The minimum absolute atomic E-state index is 0.0542. The van der Waals surface area contributed by atoms with Gasteiger partial charge in [-0.2, -0.15) is 5.10 Å². The summed E-state index contributed by atoms with van der Waals surface area (Å²) in [5.74, 6) is -0.495. The molecule has 2 rings (SSSR count). The number of pyridine rings is 1. The summed E-state index contributed by atoms with van der Waals surface area (Å²) in [5.41, 5.74) is 1.94. The molecule has 136 valence electrons. The third-order valence-corrected chi connectivity index (χ3v) is 3.39. The van der Waals surface area contributed by atoms with Crippen molar-refractivity contribution in [2.24, 2.45) is 12.1 Å². The molecule has 0 saturated carbocycles. The number of ether oxygens (including phenoxy) is 1. The molecule has 1 aromatic heterocycles. The van der Waals surface area contributed by atoms with E-state index in [0.717, 1.165) is 6.42 Å². The zero-order valence-corrected chi connectivity index (χ0v) is 14.3. The van der Waals surface area contributed by atoms with Gasteiger partial charge in [-0.3, -0.25) is 19.7 Å². The summed E-state index contributed by atoms with van der Waals surface area (Å²) in [4.78, 5) is 34.4. The highest BCUT2D eigenvalue weighted by atomic mass is 16.6. The van der Waals surface area contributed by atoms with Gasteiger partial charge in [-0.1, -0.05) is 6.92 Å². The molecule has 0 aliphatic heterocycles. The number of aryl methyl sites for hydroxylation is 1. The molecule has 0 aliphatic rings. The van der Waals surface area contributed by atoms with Crippen molar-refractivity contribution in [3.8, 4) is 5.75 Å². The van der Waals surface area contributed by atoms with E-state index >= 15 is 0 Å². The van der Waals surface area contributed by atoms with Crippen molar-refractivity contribution in [3.05, 3.63) is 68.1 Å². The number of hydrogen-bond donors (Lipinski definition) is 1. The molecule has 0 spiro atoms. The van der Waals surface area contributed by atoms with E-state index in [0.29, 0.717) is 12.2 Å². The minimum Gasteiger partial charge on any atom is -0.487 e. The van der Waals surface area contributed by atoms with Gasteiger partial charge in [0.05, 0.1) is 17.7 Å². The van der Waals surface area contributed by atoms with Gasteiger partial charge in [-0.25, -0.2) is 5.43 Å². The van der Waals surface area contributed by atoms with Gasteiger partial charge in [0.2, 0.25) is 0 Å². The zero-order chi connectivity index (χ0) is 19.1. The summed E-state index contributed by atoms with van der Waals surface area (Å²) >= 11 is 0. The fraction of sp³-hybridized carbons (Fsp3) is 0.235. The third kappa shape index (κ3) is 4.53. The van der Waals surface area contributed by atoms with Gasteiger partial charge in [0, 0.05) is 24.9 Å². The summed E-state index contributed by atoms with van der Waals surface area (Å²) in [5, 5.41) is 14.9. The van der Waals surface area contributed by atoms with Crippen LogP contribution in [-0.2, 0) is 7.05 Å². The monoisotopic (exact) mass is 358 g/mol. The lowest BCUT2D eigenvalue weighted by molar-refractivity contribution is -0.385. The van der Waals surface area contributed by atoms with Crippen LogP contribution in [0.5, 0.6) is 5.75 Å². The molecule has 0 radical (unpaired) electrons. The van der Waals surface area contributed by atoms with E-state index in [1.54, 1.807) is 12.1 Å². The predicted molar refractivity (Wildman–Crippen MR) is 95.6 cm³/mol. The number of carbonyl (C=O) groups excluding carboxylic acids is 1. The van der Waals surface area contributed by atoms with Crippen LogP contribution in [0.3, 0.4) is 0 Å². The summed E-state index contributed by atoms with van der Waals surface area (Å²) in [6, 6.07) is 7.30. The Hall–Kier alpha value is -3.49. The molecule has 1 amide bonds. The number of rotatable bonds is 7. The number of nitro benzene ring substituents is 1. The van der Waals surface area contributed by atoms with E-state index < -0.39 is 16.4 Å². The lowest BCUT2D eigenvalue weighted by atomic mass is 10.2. The first kappa shape index (κ1) is 18.8. The zero-order valence-electron chi connectivity index (χ0n) is 14.3. The largest absolute Gasteiger partial charge is 0.487 e. The van der Waals surface area contributed by atoms with Crippen LogP contribution in [0.4, 0.5) is 5.69 Å². The van der Waals surface area contributed by atoms with E-state index in [2.05, 4.69) is 10.5 Å². The number of nitro groups is 1. The van der Waals surface area contributed by atoms with Crippen molar-refractivity contribution >= 4 is 17.8 Å². The maximum Gasteiger partial charge on any atom is 0.311 e. The quantitative estimate of drug-likeness (QED) is 0.461. The van der Waals surface area contributed by atoms with Crippen LogP contribution < -0.4 is 15.7 Å². The molecule has 1 N–H and O–H groups in total. The van der Waals surface area contributed by atoms with Crippen LogP contribution in [0, 0.1) is 10.1 Å². The van der Waals surface area contributed by atoms with E-state index in [1.807, 2.05) is 6.92 Å². The molecule has 0 unspecified atom stereocenters. The van der Waals surface area contributed by atoms with Gasteiger partial charge in [-0.05, 0) is 30.7 Å². The normalized spacial score (nSPS) is 10.7. The van der Waals surface area contributed by atoms with Crippen molar-refractivity contribution in [1.82, 2.24) is 9.99 Å². The Morgan fingerprint density at radius 3 is 2.88 bits per heavy atom. The average Bonchev–Trinajstić information content (AvgIpc) is 2.62. The second-order valence-electron chi connectivity index (χ2n) is 5.37. The summed E-state index contributed by atoms with van der Waals surface area (Å²) in [6.45, 7) is 2.27. The van der Waals surface area contributed by atoms with Gasteiger partial charge in [0.25, 0.3) is 11.5 Å². The third-order valence-electron chi connectivity index (χ3n) is 3.39. The molecule has 1 aromatic carbocycles. The molecule has 9 heteroatoms. The maximum absolute atomic E-state index is 12.0. The average molecular weight is 358 g/mol. The first-order chi connectivity index (χ1) is 12.4. The second-order valence-corrected chi connectivity index (χ2v) is 5.37. The molecular formula is C17H18N4O5. The highest BCUT2D eigenvalue weighted by molar-refractivity contribution is 5.94. The maximum atomic E-state index is 12.0. The first-order valence-corrected chi connectivity index (χ1v) is 7.84. The predicted octanol–water partition coefficient (Wildman–Crippen LogP) is 1.85. The molecular weight excluding hydrogens is 340 g/mol. The van der Waals surface area contributed by atoms with E-state index in [9.17, 15) is 19.7 Å². The number of aromatic nitrogens is 1. The number of carbonyl (C=O) groups is 1. The van der Waals surface area contributed by atoms with Gasteiger partial charge in [-0.15, -0.1) is 0 Å². The number of benzene rings is 1. The fourth-order valence-corrected chi connectivity index (χ4v) is 2.09. The van der Waals surface area contributed by atoms with Crippen molar-refractivity contribution in [1.29, 1.82) is 0 Å². The lowest BCUT2D eigenvalue weighted by Crippen LogP contribution is -2.29. The van der Waals surface area contributed by atoms with Crippen LogP contribution in [0.15, 0.2) is 46.4 Å². The molecule has 1 heterocycles. The standard InChI is InChI=1S/C17H18N4O5/c1-3-9-26-15-7-6-12(10-14(15)21(24)25)11-18-19-16(22)13-5-4-8-20(2)17(13)23/h4-8,10-11H,3,9H2,1-2H3,(H,19,22)/b18-11-. The molecule has 0 fully saturated rings. The fourth-order valence-electron chi connectivity index (χ4n) is 2.09.